The third-order valence-electron chi connectivity index (χ3n) is 4.23. The van der Waals surface area contributed by atoms with Crippen LogP contribution in [0, 0.1) is 10.1 Å². The van der Waals surface area contributed by atoms with E-state index >= 15 is 0 Å². The van der Waals surface area contributed by atoms with Gasteiger partial charge in [0.15, 0.2) is 5.75 Å². The number of amides is 1. The molecule has 0 aromatic heterocycles. The molecule has 1 fully saturated rings. The lowest BCUT2D eigenvalue weighted by Gasteiger charge is -2.26. The summed E-state index contributed by atoms with van der Waals surface area (Å²) in [6.07, 6.45) is 0.0139. The first-order valence-corrected chi connectivity index (χ1v) is 7.80. The lowest BCUT2D eigenvalue weighted by atomic mass is 10.0. The van der Waals surface area contributed by atoms with Crippen LogP contribution in [0.3, 0.4) is 0 Å². The highest BCUT2D eigenvalue weighted by atomic mass is 19.1. The first-order chi connectivity index (χ1) is 11.2. The van der Waals surface area contributed by atoms with E-state index in [0.29, 0.717) is 11.1 Å². The van der Waals surface area contributed by atoms with Crippen LogP contribution < -0.4 is 4.74 Å². The molecule has 0 radical (unpaired) electrons. The van der Waals surface area contributed by atoms with Crippen LogP contribution in [0.4, 0.5) is 10.1 Å². The smallest absolute Gasteiger partial charge is 0.311 e. The summed E-state index contributed by atoms with van der Waals surface area (Å²) in [4.78, 5) is 24.4. The largest absolute Gasteiger partial charge is 0.483 e. The van der Waals surface area contributed by atoms with Gasteiger partial charge in [-0.25, -0.2) is 4.39 Å². The van der Waals surface area contributed by atoms with Crippen molar-refractivity contribution in [2.45, 2.75) is 51.1 Å². The van der Waals surface area contributed by atoms with Gasteiger partial charge in [-0.3, -0.25) is 14.9 Å². The maximum absolute atomic E-state index is 14.0. The molecule has 1 atom stereocenters. The van der Waals surface area contributed by atoms with Crippen molar-refractivity contribution in [3.8, 4) is 5.75 Å². The SMILES string of the molecule is CC(C)(O)[C@@H](F)CN1Cc2cc([N+](=O)[O-])c(OC3CC3)cc2C1=O. The quantitative estimate of drug-likeness (QED) is 0.634. The Labute approximate surface area is 138 Å². The summed E-state index contributed by atoms with van der Waals surface area (Å²) in [6.45, 7) is 2.47. The molecular weight excluding hydrogens is 319 g/mol. The number of ether oxygens (including phenoxy) is 1. The third-order valence-corrected chi connectivity index (χ3v) is 4.23. The van der Waals surface area contributed by atoms with Gasteiger partial charge in [0.05, 0.1) is 23.2 Å². The van der Waals surface area contributed by atoms with E-state index in [0.717, 1.165) is 12.8 Å². The Morgan fingerprint density at radius 3 is 2.71 bits per heavy atom. The Balaban J connectivity index is 1.86. The van der Waals surface area contributed by atoms with Gasteiger partial charge < -0.3 is 14.7 Å². The summed E-state index contributed by atoms with van der Waals surface area (Å²) in [5.41, 5.74) is -0.993. The number of hydrogen-bond acceptors (Lipinski definition) is 5. The molecule has 1 aliphatic carbocycles. The van der Waals surface area contributed by atoms with Gasteiger partial charge >= 0.3 is 5.69 Å². The van der Waals surface area contributed by atoms with E-state index in [9.17, 15) is 24.4 Å². The lowest BCUT2D eigenvalue weighted by molar-refractivity contribution is -0.386. The second kappa shape index (κ2) is 5.70. The average molecular weight is 338 g/mol. The van der Waals surface area contributed by atoms with E-state index in [-0.39, 0.29) is 30.6 Å². The zero-order valence-corrected chi connectivity index (χ0v) is 13.5. The van der Waals surface area contributed by atoms with Gasteiger partial charge in [0.25, 0.3) is 5.91 Å². The van der Waals surface area contributed by atoms with E-state index in [1.807, 2.05) is 0 Å². The van der Waals surface area contributed by atoms with Crippen molar-refractivity contribution in [1.82, 2.24) is 4.90 Å². The number of nitro benzene ring substituents is 1. The van der Waals surface area contributed by atoms with Crippen LogP contribution in [0.2, 0.25) is 0 Å². The van der Waals surface area contributed by atoms with Crippen LogP contribution in [0.5, 0.6) is 5.75 Å². The highest BCUT2D eigenvalue weighted by molar-refractivity contribution is 5.99. The molecule has 0 bridgehead atoms. The van der Waals surface area contributed by atoms with Crippen LogP contribution in [-0.4, -0.2) is 45.3 Å². The topological polar surface area (TPSA) is 92.9 Å². The molecule has 1 saturated carbocycles. The number of carbonyl (C=O) groups excluding carboxylic acids is 1. The molecule has 1 amide bonds. The molecule has 24 heavy (non-hydrogen) atoms. The number of alkyl halides is 1. The Bertz CT molecular complexity index is 696. The van der Waals surface area contributed by atoms with Gasteiger partial charge in [0.1, 0.15) is 6.17 Å². The van der Waals surface area contributed by atoms with Crippen molar-refractivity contribution in [2.24, 2.45) is 0 Å². The third kappa shape index (κ3) is 3.19. The van der Waals surface area contributed by atoms with Crippen molar-refractivity contribution >= 4 is 11.6 Å². The number of nitrogens with zero attached hydrogens (tertiary/aromatic N) is 2. The number of hydrogen-bond donors (Lipinski definition) is 1. The number of rotatable bonds is 6. The predicted octanol–water partition coefficient (Wildman–Crippen LogP) is 2.20. The number of benzene rings is 1. The molecule has 1 aromatic carbocycles. The molecule has 2 aliphatic rings. The second-order valence-electron chi connectivity index (χ2n) is 6.86. The zero-order valence-electron chi connectivity index (χ0n) is 13.5. The van der Waals surface area contributed by atoms with Gasteiger partial charge in [-0.2, -0.15) is 0 Å². The van der Waals surface area contributed by atoms with Crippen molar-refractivity contribution in [2.75, 3.05) is 6.54 Å². The van der Waals surface area contributed by atoms with Gasteiger partial charge in [-0.1, -0.05) is 0 Å². The maximum Gasteiger partial charge on any atom is 0.311 e. The van der Waals surface area contributed by atoms with Gasteiger partial charge in [-0.05, 0) is 32.3 Å². The van der Waals surface area contributed by atoms with Crippen molar-refractivity contribution in [3.05, 3.63) is 33.4 Å². The molecule has 1 aliphatic heterocycles. The van der Waals surface area contributed by atoms with Gasteiger partial charge in [-0.15, -0.1) is 0 Å². The molecule has 3 rings (SSSR count). The Morgan fingerprint density at radius 2 is 2.17 bits per heavy atom. The minimum absolute atomic E-state index is 0.0419. The van der Waals surface area contributed by atoms with Gasteiger partial charge in [0.2, 0.25) is 0 Å². The molecule has 1 aromatic rings. The van der Waals surface area contributed by atoms with Crippen molar-refractivity contribution in [1.29, 1.82) is 0 Å². The summed E-state index contributed by atoms with van der Waals surface area (Å²) in [7, 11) is 0. The molecule has 7 nitrogen and oxygen atoms in total. The van der Waals surface area contributed by atoms with E-state index < -0.39 is 22.6 Å². The highest BCUT2D eigenvalue weighted by Crippen LogP contribution is 2.38. The number of fused-ring (bicyclic) bond motifs is 1. The minimum atomic E-state index is -1.62. The number of aliphatic hydroxyl groups is 1. The fraction of sp³-hybridized carbons (Fsp3) is 0.562. The maximum atomic E-state index is 14.0. The molecule has 8 heteroatoms. The van der Waals surface area contributed by atoms with Gasteiger partial charge in [0, 0.05) is 24.2 Å². The second-order valence-corrected chi connectivity index (χ2v) is 6.86. The van der Waals surface area contributed by atoms with E-state index in [1.54, 1.807) is 0 Å². The molecule has 0 spiro atoms. The predicted molar refractivity (Wildman–Crippen MR) is 82.7 cm³/mol. The number of nitro groups is 1. The molecular formula is C16H19FN2O5. The van der Waals surface area contributed by atoms with Crippen LogP contribution >= 0.6 is 0 Å². The normalized spacial score (nSPS) is 18.5. The highest BCUT2D eigenvalue weighted by Gasteiger charge is 2.37. The first kappa shape index (κ1) is 16.6. The standard InChI is InChI=1S/C16H19FN2O5/c1-16(2,21)14(17)8-18-7-9-5-12(19(22)23)13(24-10-3-4-10)6-11(9)15(18)20/h5-6,10,14,21H,3-4,7-8H2,1-2H3/t14-/m0/s1. The first-order valence-electron chi connectivity index (χ1n) is 7.80. The Morgan fingerprint density at radius 1 is 1.50 bits per heavy atom. The molecule has 130 valence electrons. The number of halogens is 1. The Hall–Kier alpha value is -2.22. The number of carbonyl (C=O) groups is 1. The van der Waals surface area contributed by atoms with Crippen LogP contribution in [0.1, 0.15) is 42.6 Å². The van der Waals surface area contributed by atoms with E-state index in [1.165, 1.54) is 30.9 Å². The fourth-order valence-corrected chi connectivity index (χ4v) is 2.56. The van der Waals surface area contributed by atoms with Crippen LogP contribution in [0.25, 0.3) is 0 Å². The minimum Gasteiger partial charge on any atom is -0.483 e. The molecule has 1 N–H and O–H groups in total. The summed E-state index contributed by atoms with van der Waals surface area (Å²) in [6, 6.07) is 2.70. The summed E-state index contributed by atoms with van der Waals surface area (Å²) in [5.74, 6) is -0.330. The fourth-order valence-electron chi connectivity index (χ4n) is 2.56. The van der Waals surface area contributed by atoms with E-state index in [4.69, 9.17) is 4.74 Å². The summed E-state index contributed by atoms with van der Waals surface area (Å²) in [5, 5.41) is 20.9. The zero-order chi connectivity index (χ0) is 17.6. The summed E-state index contributed by atoms with van der Waals surface area (Å²) >= 11 is 0. The lowest BCUT2D eigenvalue weighted by Crippen LogP contribution is -2.42. The molecule has 0 unspecified atom stereocenters. The monoisotopic (exact) mass is 338 g/mol. The van der Waals surface area contributed by atoms with Crippen molar-refractivity contribution in [3.63, 3.8) is 0 Å². The summed E-state index contributed by atoms with van der Waals surface area (Å²) < 4.78 is 19.6. The molecule has 1 heterocycles. The van der Waals surface area contributed by atoms with E-state index in [2.05, 4.69) is 0 Å². The average Bonchev–Trinajstić information content (AvgIpc) is 3.24. The molecule has 0 saturated heterocycles. The van der Waals surface area contributed by atoms with Crippen molar-refractivity contribution < 1.29 is 24.0 Å². The van der Waals surface area contributed by atoms with Crippen LogP contribution in [0.15, 0.2) is 12.1 Å². The van der Waals surface area contributed by atoms with Crippen LogP contribution in [-0.2, 0) is 6.54 Å². The Kier molecular flexibility index (Phi) is 3.95.